The molecule has 2 rings (SSSR count). The molecular formula is C11H13Cl2N. The third-order valence-electron chi connectivity index (χ3n) is 2.97. The van der Waals surface area contributed by atoms with Crippen molar-refractivity contribution in [2.24, 2.45) is 0 Å². The maximum absolute atomic E-state index is 6.20. The van der Waals surface area contributed by atoms with Crippen molar-refractivity contribution in [1.82, 2.24) is 5.32 Å². The van der Waals surface area contributed by atoms with Crippen LogP contribution >= 0.6 is 23.2 Å². The smallest absolute Gasteiger partial charge is 0.0630 e. The number of hydrogen-bond acceptors (Lipinski definition) is 1. The van der Waals surface area contributed by atoms with E-state index in [4.69, 9.17) is 23.2 Å². The zero-order valence-corrected chi connectivity index (χ0v) is 9.62. The molecule has 3 heteroatoms. The van der Waals surface area contributed by atoms with Crippen LogP contribution in [0.25, 0.3) is 0 Å². The van der Waals surface area contributed by atoms with Crippen LogP contribution in [0, 0.1) is 0 Å². The highest BCUT2D eigenvalue weighted by Gasteiger charge is 2.32. The first-order valence-corrected chi connectivity index (χ1v) is 5.54. The van der Waals surface area contributed by atoms with Crippen LogP contribution in [0.1, 0.15) is 18.9 Å². The fourth-order valence-corrected chi connectivity index (χ4v) is 2.55. The van der Waals surface area contributed by atoms with Gasteiger partial charge in [0.2, 0.25) is 0 Å². The van der Waals surface area contributed by atoms with Crippen LogP contribution in [-0.2, 0) is 5.41 Å². The second-order valence-electron chi connectivity index (χ2n) is 4.09. The first-order chi connectivity index (χ1) is 6.63. The van der Waals surface area contributed by atoms with Crippen LogP contribution in [0.5, 0.6) is 0 Å². The predicted octanol–water partition coefficient (Wildman–Crippen LogP) is 3.24. The van der Waals surface area contributed by atoms with Crippen molar-refractivity contribution < 1.29 is 0 Å². The molecule has 1 aliphatic rings. The van der Waals surface area contributed by atoms with E-state index in [0.29, 0.717) is 10.0 Å². The van der Waals surface area contributed by atoms with Gasteiger partial charge in [0, 0.05) is 12.0 Å². The fourth-order valence-electron chi connectivity index (χ4n) is 2.02. The van der Waals surface area contributed by atoms with Gasteiger partial charge in [-0.2, -0.15) is 0 Å². The Balaban J connectivity index is 2.45. The van der Waals surface area contributed by atoms with Gasteiger partial charge < -0.3 is 5.32 Å². The van der Waals surface area contributed by atoms with Crippen molar-refractivity contribution in [1.29, 1.82) is 0 Å². The Morgan fingerprint density at radius 1 is 1.36 bits per heavy atom. The summed E-state index contributed by atoms with van der Waals surface area (Å²) in [7, 11) is 0. The molecular weight excluding hydrogens is 217 g/mol. The van der Waals surface area contributed by atoms with Gasteiger partial charge in [0.25, 0.3) is 0 Å². The van der Waals surface area contributed by atoms with Gasteiger partial charge in [-0.1, -0.05) is 42.3 Å². The summed E-state index contributed by atoms with van der Waals surface area (Å²) < 4.78 is 0. The topological polar surface area (TPSA) is 12.0 Å². The van der Waals surface area contributed by atoms with Gasteiger partial charge in [-0.15, -0.1) is 0 Å². The maximum atomic E-state index is 6.20. The Bertz CT molecular complexity index is 343. The number of rotatable bonds is 1. The first kappa shape index (κ1) is 10.3. The summed E-state index contributed by atoms with van der Waals surface area (Å²) in [5.41, 5.74) is 1.30. The van der Waals surface area contributed by atoms with E-state index < -0.39 is 0 Å². The van der Waals surface area contributed by atoms with E-state index in [2.05, 4.69) is 18.3 Å². The standard InChI is InChI=1S/C11H13Cl2N/c1-11(5-6-14-7-11)8-3-2-4-9(12)10(8)13/h2-4,14H,5-7H2,1H3. The molecule has 0 spiro atoms. The molecule has 0 bridgehead atoms. The molecule has 0 saturated carbocycles. The monoisotopic (exact) mass is 229 g/mol. The van der Waals surface area contributed by atoms with Gasteiger partial charge in [-0.3, -0.25) is 0 Å². The summed E-state index contributed by atoms with van der Waals surface area (Å²) >= 11 is 12.2. The van der Waals surface area contributed by atoms with Gasteiger partial charge in [0.15, 0.2) is 0 Å². The molecule has 0 amide bonds. The summed E-state index contributed by atoms with van der Waals surface area (Å²) in [6.45, 7) is 4.26. The van der Waals surface area contributed by atoms with Gasteiger partial charge in [-0.05, 0) is 24.6 Å². The quantitative estimate of drug-likeness (QED) is 0.780. The molecule has 14 heavy (non-hydrogen) atoms. The van der Waals surface area contributed by atoms with E-state index in [1.54, 1.807) is 0 Å². The molecule has 1 N–H and O–H groups in total. The zero-order chi connectivity index (χ0) is 10.2. The third-order valence-corrected chi connectivity index (χ3v) is 3.79. The van der Waals surface area contributed by atoms with E-state index in [9.17, 15) is 0 Å². The normalized spacial score (nSPS) is 26.8. The number of benzene rings is 1. The lowest BCUT2D eigenvalue weighted by Gasteiger charge is -2.24. The summed E-state index contributed by atoms with van der Waals surface area (Å²) in [5.74, 6) is 0. The summed E-state index contributed by atoms with van der Waals surface area (Å²) in [6.07, 6.45) is 1.12. The molecule has 1 atom stereocenters. The SMILES string of the molecule is CC1(c2cccc(Cl)c2Cl)CCNC1. The van der Waals surface area contributed by atoms with E-state index in [0.717, 1.165) is 25.1 Å². The molecule has 76 valence electrons. The third kappa shape index (κ3) is 1.65. The molecule has 1 unspecified atom stereocenters. The van der Waals surface area contributed by atoms with Crippen LogP contribution in [-0.4, -0.2) is 13.1 Å². The molecule has 0 aliphatic carbocycles. The highest BCUT2D eigenvalue weighted by Crippen LogP contribution is 2.37. The molecule has 1 heterocycles. The minimum atomic E-state index is 0.141. The van der Waals surface area contributed by atoms with Crippen molar-refractivity contribution in [3.05, 3.63) is 33.8 Å². The highest BCUT2D eigenvalue weighted by atomic mass is 35.5. The Morgan fingerprint density at radius 2 is 2.14 bits per heavy atom. The average molecular weight is 230 g/mol. The average Bonchev–Trinajstić information content (AvgIpc) is 2.58. The maximum Gasteiger partial charge on any atom is 0.0630 e. The summed E-state index contributed by atoms with van der Waals surface area (Å²) in [5, 5.41) is 4.72. The molecule has 1 aliphatic heterocycles. The van der Waals surface area contributed by atoms with Crippen molar-refractivity contribution in [3.8, 4) is 0 Å². The van der Waals surface area contributed by atoms with Crippen molar-refractivity contribution >= 4 is 23.2 Å². The van der Waals surface area contributed by atoms with Crippen LogP contribution in [0.15, 0.2) is 18.2 Å². The Labute approximate surface area is 94.4 Å². The van der Waals surface area contributed by atoms with Gasteiger partial charge in [-0.25, -0.2) is 0 Å². The van der Waals surface area contributed by atoms with E-state index in [1.807, 2.05) is 12.1 Å². The van der Waals surface area contributed by atoms with Gasteiger partial charge in [0.05, 0.1) is 10.0 Å². The van der Waals surface area contributed by atoms with Crippen molar-refractivity contribution in [2.45, 2.75) is 18.8 Å². The first-order valence-electron chi connectivity index (χ1n) is 4.79. The Morgan fingerprint density at radius 3 is 2.79 bits per heavy atom. The summed E-state index contributed by atoms with van der Waals surface area (Å²) in [6, 6.07) is 5.87. The zero-order valence-electron chi connectivity index (χ0n) is 8.11. The van der Waals surface area contributed by atoms with Crippen LogP contribution < -0.4 is 5.32 Å². The number of hydrogen-bond donors (Lipinski definition) is 1. The predicted molar refractivity (Wildman–Crippen MR) is 61.3 cm³/mol. The van der Waals surface area contributed by atoms with E-state index in [1.165, 1.54) is 0 Å². The minimum absolute atomic E-state index is 0.141. The van der Waals surface area contributed by atoms with E-state index >= 15 is 0 Å². The fraction of sp³-hybridized carbons (Fsp3) is 0.455. The van der Waals surface area contributed by atoms with Crippen LogP contribution in [0.2, 0.25) is 10.0 Å². The lowest BCUT2D eigenvalue weighted by Crippen LogP contribution is -2.25. The molecule has 1 saturated heterocycles. The molecule has 1 aromatic carbocycles. The number of halogens is 2. The van der Waals surface area contributed by atoms with Crippen molar-refractivity contribution in [2.75, 3.05) is 13.1 Å². The second-order valence-corrected chi connectivity index (χ2v) is 4.87. The number of nitrogens with one attached hydrogen (secondary N) is 1. The van der Waals surface area contributed by atoms with Gasteiger partial charge in [0.1, 0.15) is 0 Å². The lowest BCUT2D eigenvalue weighted by atomic mass is 9.82. The molecule has 0 radical (unpaired) electrons. The van der Waals surface area contributed by atoms with Gasteiger partial charge >= 0.3 is 0 Å². The molecule has 1 fully saturated rings. The molecule has 0 aromatic heterocycles. The summed E-state index contributed by atoms with van der Waals surface area (Å²) in [4.78, 5) is 0. The van der Waals surface area contributed by atoms with Crippen LogP contribution in [0.4, 0.5) is 0 Å². The Kier molecular flexibility index (Phi) is 2.74. The highest BCUT2D eigenvalue weighted by molar-refractivity contribution is 6.42. The molecule has 1 nitrogen and oxygen atoms in total. The van der Waals surface area contributed by atoms with Crippen LogP contribution in [0.3, 0.4) is 0 Å². The largest absolute Gasteiger partial charge is 0.316 e. The minimum Gasteiger partial charge on any atom is -0.316 e. The Hall–Kier alpha value is -0.240. The van der Waals surface area contributed by atoms with Crippen molar-refractivity contribution in [3.63, 3.8) is 0 Å². The lowest BCUT2D eigenvalue weighted by molar-refractivity contribution is 0.525. The second kappa shape index (κ2) is 3.73. The van der Waals surface area contributed by atoms with E-state index in [-0.39, 0.29) is 5.41 Å². The molecule has 1 aromatic rings.